The minimum Gasteiger partial charge on any atom is -0.469 e. The predicted octanol–water partition coefficient (Wildman–Crippen LogP) is 2.43. The molecule has 0 aromatic heterocycles. The fourth-order valence-corrected chi connectivity index (χ4v) is 2.32. The normalized spacial score (nSPS) is 12.4. The molecule has 0 N–H and O–H groups in total. The van der Waals surface area contributed by atoms with Gasteiger partial charge in [-0.25, -0.2) is 4.39 Å². The zero-order valence-corrected chi connectivity index (χ0v) is 15.4. The molecule has 0 aliphatic heterocycles. The first-order valence-electron chi connectivity index (χ1n) is 8.28. The largest absolute Gasteiger partial charge is 0.469 e. The predicted molar refractivity (Wildman–Crippen MR) is 96.4 cm³/mol. The average molecular weight is 350 g/mol. The zero-order chi connectivity index (χ0) is 18.8. The van der Waals surface area contributed by atoms with Crippen LogP contribution in [0.15, 0.2) is 30.3 Å². The number of halogens is 1. The Labute approximate surface area is 149 Å². The van der Waals surface area contributed by atoms with E-state index >= 15 is 0 Å². The van der Waals surface area contributed by atoms with Crippen molar-refractivity contribution >= 4 is 18.0 Å². The molecule has 0 saturated carbocycles. The number of rotatable bonds is 9. The Balaban J connectivity index is 2.75. The molecule has 138 valence electrons. The number of nitrogens with zero attached hydrogens (tertiary/aromatic N) is 2. The van der Waals surface area contributed by atoms with Gasteiger partial charge in [0.1, 0.15) is 5.82 Å². The number of hydrogen-bond acceptors (Lipinski definition) is 4. The van der Waals surface area contributed by atoms with E-state index in [0.717, 1.165) is 18.5 Å². The maximum Gasteiger partial charge on any atom is 0.310 e. The molecule has 0 aliphatic rings. The molecule has 1 amide bonds. The molecule has 25 heavy (non-hydrogen) atoms. The van der Waals surface area contributed by atoms with Crippen LogP contribution >= 0.6 is 0 Å². The number of methoxy groups -OCH3 is 1. The van der Waals surface area contributed by atoms with Gasteiger partial charge in [-0.2, -0.15) is 0 Å². The summed E-state index contributed by atoms with van der Waals surface area (Å²) in [5.74, 6) is -1.24. The van der Waals surface area contributed by atoms with Gasteiger partial charge in [0.05, 0.1) is 13.0 Å². The smallest absolute Gasteiger partial charge is 0.310 e. The van der Waals surface area contributed by atoms with Crippen LogP contribution in [0.4, 0.5) is 4.39 Å². The highest BCUT2D eigenvalue weighted by atomic mass is 19.1. The number of carbonyl (C=O) groups is 2. The van der Waals surface area contributed by atoms with E-state index in [1.165, 1.54) is 25.3 Å². The molecule has 1 unspecified atom stereocenters. The lowest BCUT2D eigenvalue weighted by Crippen LogP contribution is -2.37. The van der Waals surface area contributed by atoms with Crippen molar-refractivity contribution in [1.82, 2.24) is 9.80 Å². The molecule has 0 bridgehead atoms. The maximum absolute atomic E-state index is 12.9. The SMILES string of the molecule is COC(=O)C(C)CN(CCCN(C)C)C(=O)/C=C/c1ccc(F)cc1. The molecule has 0 aliphatic carbocycles. The third kappa shape index (κ3) is 7.94. The van der Waals surface area contributed by atoms with Crippen molar-refractivity contribution in [1.29, 1.82) is 0 Å². The van der Waals surface area contributed by atoms with Crippen LogP contribution in [0, 0.1) is 11.7 Å². The number of ether oxygens (including phenoxy) is 1. The molecule has 1 aromatic carbocycles. The van der Waals surface area contributed by atoms with Crippen LogP contribution in [0.5, 0.6) is 0 Å². The first-order chi connectivity index (χ1) is 11.8. The lowest BCUT2D eigenvalue weighted by molar-refractivity contribution is -0.146. The van der Waals surface area contributed by atoms with E-state index in [1.807, 2.05) is 19.0 Å². The molecule has 1 rings (SSSR count). The second-order valence-corrected chi connectivity index (χ2v) is 6.25. The topological polar surface area (TPSA) is 49.9 Å². The highest BCUT2D eigenvalue weighted by Gasteiger charge is 2.20. The molecule has 1 aromatic rings. The average Bonchev–Trinajstić information content (AvgIpc) is 2.58. The molecular weight excluding hydrogens is 323 g/mol. The van der Waals surface area contributed by atoms with Crippen molar-refractivity contribution in [3.63, 3.8) is 0 Å². The second-order valence-electron chi connectivity index (χ2n) is 6.25. The summed E-state index contributed by atoms with van der Waals surface area (Å²) < 4.78 is 17.7. The Kier molecular flexibility index (Phi) is 8.84. The Morgan fingerprint density at radius 2 is 1.84 bits per heavy atom. The van der Waals surface area contributed by atoms with Crippen LogP contribution in [-0.4, -0.2) is 62.5 Å². The van der Waals surface area contributed by atoms with Gasteiger partial charge in [0.15, 0.2) is 0 Å². The summed E-state index contributed by atoms with van der Waals surface area (Å²) in [4.78, 5) is 27.8. The highest BCUT2D eigenvalue weighted by Crippen LogP contribution is 2.08. The molecule has 1 atom stereocenters. The Morgan fingerprint density at radius 1 is 1.20 bits per heavy atom. The minimum absolute atomic E-state index is 0.182. The summed E-state index contributed by atoms with van der Waals surface area (Å²) in [6.07, 6.45) is 3.90. The summed E-state index contributed by atoms with van der Waals surface area (Å²) in [5, 5.41) is 0. The Morgan fingerprint density at radius 3 is 2.40 bits per heavy atom. The fourth-order valence-electron chi connectivity index (χ4n) is 2.32. The van der Waals surface area contributed by atoms with Crippen LogP contribution in [0.25, 0.3) is 6.08 Å². The van der Waals surface area contributed by atoms with E-state index in [1.54, 1.807) is 30.0 Å². The molecule has 5 nitrogen and oxygen atoms in total. The van der Waals surface area contributed by atoms with Gasteiger partial charge in [0.25, 0.3) is 0 Å². The van der Waals surface area contributed by atoms with E-state index in [9.17, 15) is 14.0 Å². The second kappa shape index (κ2) is 10.6. The van der Waals surface area contributed by atoms with Gasteiger partial charge in [-0.15, -0.1) is 0 Å². The number of benzene rings is 1. The van der Waals surface area contributed by atoms with Crippen molar-refractivity contribution in [3.8, 4) is 0 Å². The molecule has 6 heteroatoms. The third-order valence-electron chi connectivity index (χ3n) is 3.73. The van der Waals surface area contributed by atoms with Gasteiger partial charge in [-0.05, 0) is 50.8 Å². The van der Waals surface area contributed by atoms with Crippen molar-refractivity contribution in [3.05, 3.63) is 41.7 Å². The van der Waals surface area contributed by atoms with E-state index in [2.05, 4.69) is 0 Å². The van der Waals surface area contributed by atoms with Gasteiger partial charge in [-0.1, -0.05) is 19.1 Å². The van der Waals surface area contributed by atoms with E-state index < -0.39 is 5.92 Å². The molecule has 0 radical (unpaired) electrons. The monoisotopic (exact) mass is 350 g/mol. The number of amides is 1. The summed E-state index contributed by atoms with van der Waals surface area (Å²) in [5.41, 5.74) is 0.740. The quantitative estimate of drug-likeness (QED) is 0.507. The van der Waals surface area contributed by atoms with Crippen molar-refractivity contribution in [2.24, 2.45) is 5.92 Å². The summed E-state index contributed by atoms with van der Waals surface area (Å²) in [6, 6.07) is 5.90. The maximum atomic E-state index is 12.9. The van der Waals surface area contributed by atoms with Crippen molar-refractivity contribution in [2.75, 3.05) is 40.8 Å². The van der Waals surface area contributed by atoms with E-state index in [0.29, 0.717) is 13.1 Å². The van der Waals surface area contributed by atoms with Gasteiger partial charge >= 0.3 is 5.97 Å². The first kappa shape index (κ1) is 20.8. The van der Waals surface area contributed by atoms with Crippen LogP contribution in [0.3, 0.4) is 0 Å². The summed E-state index contributed by atoms with van der Waals surface area (Å²) in [6.45, 7) is 3.43. The fraction of sp³-hybridized carbons (Fsp3) is 0.474. The minimum atomic E-state index is -0.396. The molecule has 0 saturated heterocycles. The van der Waals surface area contributed by atoms with Gasteiger partial charge in [0.2, 0.25) is 5.91 Å². The van der Waals surface area contributed by atoms with Gasteiger partial charge in [0, 0.05) is 19.2 Å². The summed E-state index contributed by atoms with van der Waals surface area (Å²) in [7, 11) is 5.28. The molecular formula is C19H27FN2O3. The highest BCUT2D eigenvalue weighted by molar-refractivity contribution is 5.92. The molecule has 0 spiro atoms. The standard InChI is InChI=1S/C19H27FN2O3/c1-15(19(24)25-4)14-22(13-5-12-21(2)3)18(23)11-8-16-6-9-17(20)10-7-16/h6-11,15H,5,12-14H2,1-4H3/b11-8+. The van der Waals surface area contributed by atoms with Crippen molar-refractivity contribution in [2.45, 2.75) is 13.3 Å². The summed E-state index contributed by atoms with van der Waals surface area (Å²) >= 11 is 0. The van der Waals surface area contributed by atoms with Crippen LogP contribution in [-0.2, 0) is 14.3 Å². The van der Waals surface area contributed by atoms with Gasteiger partial charge < -0.3 is 14.5 Å². The van der Waals surface area contributed by atoms with Gasteiger partial charge in [-0.3, -0.25) is 9.59 Å². The van der Waals surface area contributed by atoms with Crippen LogP contribution < -0.4 is 0 Å². The lowest BCUT2D eigenvalue weighted by atomic mass is 10.1. The molecule has 0 heterocycles. The zero-order valence-electron chi connectivity index (χ0n) is 15.4. The first-order valence-corrected chi connectivity index (χ1v) is 8.28. The number of esters is 1. The van der Waals surface area contributed by atoms with Crippen molar-refractivity contribution < 1.29 is 18.7 Å². The lowest BCUT2D eigenvalue weighted by Gasteiger charge is -2.24. The Hall–Kier alpha value is -2.21. The van der Waals surface area contributed by atoms with Crippen LogP contribution in [0.2, 0.25) is 0 Å². The number of hydrogen-bond donors (Lipinski definition) is 0. The van der Waals surface area contributed by atoms with Crippen LogP contribution in [0.1, 0.15) is 18.9 Å². The van der Waals surface area contributed by atoms with E-state index in [4.69, 9.17) is 4.74 Å². The van der Waals surface area contributed by atoms with E-state index in [-0.39, 0.29) is 17.7 Å². The number of carbonyl (C=O) groups excluding carboxylic acids is 2. The third-order valence-corrected chi connectivity index (χ3v) is 3.73. The molecule has 0 fully saturated rings. The Bertz CT molecular complexity index is 585.